The van der Waals surface area contributed by atoms with Crippen LogP contribution in [0, 0.1) is 5.92 Å². The number of rotatable bonds is 7. The Kier molecular flexibility index (Phi) is 6.37. The number of hydrogen-bond donors (Lipinski definition) is 5. The molecule has 0 aromatic heterocycles. The lowest BCUT2D eigenvalue weighted by Gasteiger charge is -2.20. The maximum Gasteiger partial charge on any atom is 0.330 e. The minimum absolute atomic E-state index is 0.0368. The average Bonchev–Trinajstić information content (AvgIpc) is 2.44. The van der Waals surface area contributed by atoms with Gasteiger partial charge in [-0.1, -0.05) is 26.0 Å². The number of carboxylic acids is 2. The zero-order chi connectivity index (χ0) is 17.6. The van der Waals surface area contributed by atoms with E-state index < -0.39 is 30.1 Å². The monoisotopic (exact) mass is 324 g/mol. The summed E-state index contributed by atoms with van der Waals surface area (Å²) in [7, 11) is 0. The number of phenols is 1. The maximum absolute atomic E-state index is 11.9. The molecule has 0 fully saturated rings. The molecule has 8 nitrogen and oxygen atoms in total. The van der Waals surface area contributed by atoms with E-state index in [2.05, 4.69) is 10.6 Å². The number of phenolic OH excluding ortho intramolecular Hbond substituents is 1. The number of carbonyl (C=O) groups is 3. The fourth-order valence-electron chi connectivity index (χ4n) is 1.98. The Bertz CT molecular complexity index is 570. The van der Waals surface area contributed by atoms with Gasteiger partial charge in [0.1, 0.15) is 11.8 Å². The number of benzene rings is 1. The molecule has 5 N–H and O–H groups in total. The van der Waals surface area contributed by atoms with Gasteiger partial charge < -0.3 is 26.0 Å². The van der Waals surface area contributed by atoms with Crippen molar-refractivity contribution in [2.75, 3.05) is 0 Å². The molecule has 0 saturated heterocycles. The molecule has 126 valence electrons. The van der Waals surface area contributed by atoms with Crippen LogP contribution in [0.15, 0.2) is 24.3 Å². The standard InChI is InChI=1S/C15H20N2O6/c1-8(2)7-11(13(19)20)16-15(23)17-12(14(21)22)9-3-5-10(18)6-4-9/h3-6,8,11-12,18H,7H2,1-2H3,(H,19,20)(H,21,22)(H2,16,17,23)/t11-,12?/m0/s1. The van der Waals surface area contributed by atoms with Crippen molar-refractivity contribution in [1.29, 1.82) is 0 Å². The summed E-state index contributed by atoms with van der Waals surface area (Å²) in [5.74, 6) is -2.49. The Balaban J connectivity index is 2.80. The highest BCUT2D eigenvalue weighted by molar-refractivity contribution is 5.86. The molecule has 0 saturated carbocycles. The first-order valence-electron chi connectivity index (χ1n) is 7.02. The second-order valence-corrected chi connectivity index (χ2v) is 5.50. The maximum atomic E-state index is 11.9. The number of aromatic hydroxyl groups is 1. The summed E-state index contributed by atoms with van der Waals surface area (Å²) < 4.78 is 0. The molecular formula is C15H20N2O6. The van der Waals surface area contributed by atoms with Crippen LogP contribution in [0.5, 0.6) is 5.75 Å². The van der Waals surface area contributed by atoms with Crippen LogP contribution in [0.2, 0.25) is 0 Å². The van der Waals surface area contributed by atoms with Crippen molar-refractivity contribution in [3.63, 3.8) is 0 Å². The topological polar surface area (TPSA) is 136 Å². The van der Waals surface area contributed by atoms with E-state index in [-0.39, 0.29) is 23.7 Å². The van der Waals surface area contributed by atoms with Gasteiger partial charge in [0.05, 0.1) is 0 Å². The molecule has 1 aromatic carbocycles. The summed E-state index contributed by atoms with van der Waals surface area (Å²) in [6.45, 7) is 3.62. The largest absolute Gasteiger partial charge is 0.508 e. The van der Waals surface area contributed by atoms with E-state index in [1.54, 1.807) is 0 Å². The van der Waals surface area contributed by atoms with Gasteiger partial charge in [-0.15, -0.1) is 0 Å². The van der Waals surface area contributed by atoms with Crippen LogP contribution in [-0.4, -0.2) is 39.3 Å². The van der Waals surface area contributed by atoms with E-state index in [0.29, 0.717) is 0 Å². The summed E-state index contributed by atoms with van der Waals surface area (Å²) in [5, 5.41) is 32.0. The van der Waals surface area contributed by atoms with Gasteiger partial charge in [-0.3, -0.25) is 0 Å². The van der Waals surface area contributed by atoms with Gasteiger partial charge in [-0.2, -0.15) is 0 Å². The van der Waals surface area contributed by atoms with E-state index in [4.69, 9.17) is 5.11 Å². The lowest BCUT2D eigenvalue weighted by molar-refractivity contribution is -0.139. The van der Waals surface area contributed by atoms with Gasteiger partial charge in [0, 0.05) is 0 Å². The van der Waals surface area contributed by atoms with E-state index in [9.17, 15) is 24.6 Å². The third kappa shape index (κ3) is 5.85. The molecule has 23 heavy (non-hydrogen) atoms. The number of amides is 2. The molecule has 2 amide bonds. The minimum atomic E-state index is -1.36. The number of nitrogens with one attached hydrogen (secondary N) is 2. The summed E-state index contributed by atoms with van der Waals surface area (Å²) in [6, 6.07) is 1.95. The predicted octanol–water partition coefficient (Wildman–Crippen LogP) is 1.32. The summed E-state index contributed by atoms with van der Waals surface area (Å²) in [6.07, 6.45) is 0.222. The van der Waals surface area contributed by atoms with Crippen molar-refractivity contribution in [2.45, 2.75) is 32.4 Å². The first kappa shape index (κ1) is 18.3. The highest BCUT2D eigenvalue weighted by atomic mass is 16.4. The second-order valence-electron chi connectivity index (χ2n) is 5.50. The van der Waals surface area contributed by atoms with Crippen LogP contribution in [-0.2, 0) is 9.59 Å². The van der Waals surface area contributed by atoms with Crippen molar-refractivity contribution in [3.05, 3.63) is 29.8 Å². The number of aliphatic carboxylic acids is 2. The molecule has 0 spiro atoms. The second kappa shape index (κ2) is 8.02. The van der Waals surface area contributed by atoms with Crippen LogP contribution < -0.4 is 10.6 Å². The summed E-state index contributed by atoms with van der Waals surface area (Å²) in [4.78, 5) is 34.3. The molecule has 0 aliphatic carbocycles. The van der Waals surface area contributed by atoms with Crippen molar-refractivity contribution >= 4 is 18.0 Å². The van der Waals surface area contributed by atoms with Gasteiger partial charge in [-0.25, -0.2) is 14.4 Å². The fraction of sp³-hybridized carbons (Fsp3) is 0.400. The quantitative estimate of drug-likeness (QED) is 0.513. The molecule has 0 heterocycles. The van der Waals surface area contributed by atoms with Gasteiger partial charge in [0.25, 0.3) is 0 Å². The molecule has 1 aromatic rings. The number of hydrogen-bond acceptors (Lipinski definition) is 4. The normalized spacial score (nSPS) is 13.2. The smallest absolute Gasteiger partial charge is 0.330 e. The Morgan fingerprint density at radius 3 is 2.00 bits per heavy atom. The third-order valence-electron chi connectivity index (χ3n) is 3.06. The van der Waals surface area contributed by atoms with Crippen molar-refractivity contribution in [1.82, 2.24) is 10.6 Å². The Morgan fingerprint density at radius 1 is 1.00 bits per heavy atom. The van der Waals surface area contributed by atoms with Crippen molar-refractivity contribution in [2.24, 2.45) is 5.92 Å². The van der Waals surface area contributed by atoms with Gasteiger partial charge in [0.15, 0.2) is 6.04 Å². The minimum Gasteiger partial charge on any atom is -0.508 e. The number of carboxylic acid groups (broad SMARTS) is 2. The molecule has 1 unspecified atom stereocenters. The highest BCUT2D eigenvalue weighted by Gasteiger charge is 2.26. The molecule has 2 atom stereocenters. The van der Waals surface area contributed by atoms with Gasteiger partial charge >= 0.3 is 18.0 Å². The average molecular weight is 324 g/mol. The lowest BCUT2D eigenvalue weighted by atomic mass is 10.0. The van der Waals surface area contributed by atoms with E-state index in [0.717, 1.165) is 0 Å². The van der Waals surface area contributed by atoms with Crippen LogP contribution in [0.25, 0.3) is 0 Å². The fourth-order valence-corrected chi connectivity index (χ4v) is 1.98. The molecule has 0 aliphatic heterocycles. The highest BCUT2D eigenvalue weighted by Crippen LogP contribution is 2.17. The number of urea groups is 1. The van der Waals surface area contributed by atoms with Crippen LogP contribution in [0.1, 0.15) is 31.9 Å². The first-order valence-corrected chi connectivity index (χ1v) is 7.02. The van der Waals surface area contributed by atoms with Crippen LogP contribution in [0.3, 0.4) is 0 Å². The first-order chi connectivity index (χ1) is 10.7. The molecule has 0 aliphatic rings. The van der Waals surface area contributed by atoms with Gasteiger partial charge in [0.2, 0.25) is 0 Å². The molecule has 0 bridgehead atoms. The molecule has 1 rings (SSSR count). The van der Waals surface area contributed by atoms with Gasteiger partial charge in [-0.05, 0) is 30.0 Å². The Hall–Kier alpha value is -2.77. The molecule has 8 heteroatoms. The molecular weight excluding hydrogens is 304 g/mol. The van der Waals surface area contributed by atoms with E-state index in [1.165, 1.54) is 24.3 Å². The Morgan fingerprint density at radius 2 is 1.57 bits per heavy atom. The van der Waals surface area contributed by atoms with Crippen molar-refractivity contribution < 1.29 is 29.7 Å². The van der Waals surface area contributed by atoms with Crippen molar-refractivity contribution in [3.8, 4) is 5.75 Å². The summed E-state index contributed by atoms with van der Waals surface area (Å²) >= 11 is 0. The SMILES string of the molecule is CC(C)C[C@H](NC(=O)NC(C(=O)O)c1ccc(O)cc1)C(=O)O. The lowest BCUT2D eigenvalue weighted by Crippen LogP contribution is -2.48. The zero-order valence-corrected chi connectivity index (χ0v) is 12.8. The van der Waals surface area contributed by atoms with E-state index in [1.807, 2.05) is 13.8 Å². The van der Waals surface area contributed by atoms with E-state index >= 15 is 0 Å². The third-order valence-corrected chi connectivity index (χ3v) is 3.06. The summed E-state index contributed by atoms with van der Waals surface area (Å²) in [5.41, 5.74) is 0.251. The number of carbonyl (C=O) groups excluding carboxylic acids is 1. The van der Waals surface area contributed by atoms with Crippen LogP contribution >= 0.6 is 0 Å². The molecule has 0 radical (unpaired) electrons. The zero-order valence-electron chi connectivity index (χ0n) is 12.8. The van der Waals surface area contributed by atoms with Crippen LogP contribution in [0.4, 0.5) is 4.79 Å². The predicted molar refractivity (Wildman–Crippen MR) is 81.0 cm³/mol. The Labute approximate surface area is 133 Å².